The highest BCUT2D eigenvalue weighted by atomic mass is 16.1. The van der Waals surface area contributed by atoms with Crippen molar-refractivity contribution in [3.05, 3.63) is 48.3 Å². The molecule has 23 heavy (non-hydrogen) atoms. The van der Waals surface area contributed by atoms with Crippen LogP contribution in [0.25, 0.3) is 0 Å². The topological polar surface area (TPSA) is 59.0 Å². The van der Waals surface area contributed by atoms with Crippen molar-refractivity contribution in [2.24, 2.45) is 5.92 Å². The number of aromatic nitrogens is 2. The van der Waals surface area contributed by atoms with Gasteiger partial charge in [-0.1, -0.05) is 30.3 Å². The summed E-state index contributed by atoms with van der Waals surface area (Å²) in [4.78, 5) is 11.4. The zero-order valence-corrected chi connectivity index (χ0v) is 13.5. The molecule has 5 heteroatoms. The van der Waals surface area contributed by atoms with Gasteiger partial charge < -0.3 is 10.6 Å². The summed E-state index contributed by atoms with van der Waals surface area (Å²) >= 11 is 0. The zero-order chi connectivity index (χ0) is 16.1. The molecule has 1 aromatic carbocycles. The highest BCUT2D eigenvalue weighted by molar-refractivity contribution is 5.75. The Kier molecular flexibility index (Phi) is 4.95. The molecule has 1 heterocycles. The van der Waals surface area contributed by atoms with Gasteiger partial charge in [0, 0.05) is 19.3 Å². The Morgan fingerprint density at radius 2 is 2.13 bits per heavy atom. The molecule has 0 saturated heterocycles. The molecule has 0 radical (unpaired) electrons. The van der Waals surface area contributed by atoms with E-state index in [4.69, 9.17) is 0 Å². The van der Waals surface area contributed by atoms with Gasteiger partial charge in [-0.15, -0.1) is 0 Å². The number of carbonyl (C=O) groups is 1. The molecule has 1 fully saturated rings. The molecule has 1 aromatic heterocycles. The van der Waals surface area contributed by atoms with Crippen molar-refractivity contribution in [3.63, 3.8) is 0 Å². The lowest BCUT2D eigenvalue weighted by Crippen LogP contribution is -2.23. The third kappa shape index (κ3) is 4.34. The minimum absolute atomic E-state index is 0.0385. The van der Waals surface area contributed by atoms with Crippen LogP contribution in [-0.2, 0) is 17.8 Å². The molecule has 2 atom stereocenters. The average Bonchev–Trinajstić information content (AvgIpc) is 3.18. The lowest BCUT2D eigenvalue weighted by molar-refractivity contribution is -0.121. The standard InChI is InChI=1S/C18H24N4O/c1-19-18(23)13-22-12-17(11-20-22)21-16-8-7-15(10-16)9-14-5-3-2-4-6-14/h2-6,11-12,15-16,21H,7-10,13H2,1H3,(H,19,23). The average molecular weight is 312 g/mol. The number of benzene rings is 1. The van der Waals surface area contributed by atoms with Crippen molar-refractivity contribution < 1.29 is 4.79 Å². The molecule has 2 N–H and O–H groups in total. The Bertz CT molecular complexity index is 637. The van der Waals surface area contributed by atoms with E-state index in [1.165, 1.54) is 24.8 Å². The summed E-state index contributed by atoms with van der Waals surface area (Å²) in [6.45, 7) is 0.263. The molecule has 1 aliphatic carbocycles. The second-order valence-corrected chi connectivity index (χ2v) is 6.31. The molecule has 3 rings (SSSR count). The number of nitrogens with one attached hydrogen (secondary N) is 2. The second-order valence-electron chi connectivity index (χ2n) is 6.31. The van der Waals surface area contributed by atoms with Gasteiger partial charge in [0.1, 0.15) is 6.54 Å². The number of hydrogen-bond donors (Lipinski definition) is 2. The molecule has 0 aliphatic heterocycles. The SMILES string of the molecule is CNC(=O)Cn1cc(NC2CCC(Cc3ccccc3)C2)cn1. The molecule has 1 amide bonds. The van der Waals surface area contributed by atoms with E-state index < -0.39 is 0 Å². The van der Waals surface area contributed by atoms with Gasteiger partial charge in [-0.3, -0.25) is 9.48 Å². The van der Waals surface area contributed by atoms with Crippen LogP contribution in [-0.4, -0.2) is 28.8 Å². The van der Waals surface area contributed by atoms with Crippen LogP contribution in [0.2, 0.25) is 0 Å². The largest absolute Gasteiger partial charge is 0.380 e. The summed E-state index contributed by atoms with van der Waals surface area (Å²) in [5.41, 5.74) is 2.43. The molecule has 0 bridgehead atoms. The second kappa shape index (κ2) is 7.31. The Labute approximate surface area is 137 Å². The van der Waals surface area contributed by atoms with Crippen LogP contribution in [0.4, 0.5) is 5.69 Å². The lowest BCUT2D eigenvalue weighted by atomic mass is 9.98. The molecule has 5 nitrogen and oxygen atoms in total. The van der Waals surface area contributed by atoms with Gasteiger partial charge in [0.05, 0.1) is 11.9 Å². The van der Waals surface area contributed by atoms with Gasteiger partial charge in [0.15, 0.2) is 0 Å². The van der Waals surface area contributed by atoms with E-state index >= 15 is 0 Å². The molecular weight excluding hydrogens is 288 g/mol. The number of hydrogen-bond acceptors (Lipinski definition) is 3. The summed E-state index contributed by atoms with van der Waals surface area (Å²) in [6.07, 6.45) is 8.51. The quantitative estimate of drug-likeness (QED) is 0.861. The molecule has 2 aromatic rings. The van der Waals surface area contributed by atoms with E-state index in [2.05, 4.69) is 46.1 Å². The molecule has 2 unspecified atom stereocenters. The maximum absolute atomic E-state index is 11.4. The maximum Gasteiger partial charge on any atom is 0.241 e. The Morgan fingerprint density at radius 1 is 1.30 bits per heavy atom. The van der Waals surface area contributed by atoms with Gasteiger partial charge in [0.25, 0.3) is 0 Å². The van der Waals surface area contributed by atoms with Gasteiger partial charge >= 0.3 is 0 Å². The van der Waals surface area contributed by atoms with Crippen LogP contribution in [0, 0.1) is 5.92 Å². The normalized spacial score (nSPS) is 20.4. The summed E-state index contributed by atoms with van der Waals surface area (Å²) < 4.78 is 1.66. The number of carbonyl (C=O) groups excluding carboxylic acids is 1. The van der Waals surface area contributed by atoms with Crippen molar-refractivity contribution in [1.29, 1.82) is 0 Å². The molecule has 0 spiro atoms. The number of likely N-dealkylation sites (N-methyl/N-ethyl adjacent to an activating group) is 1. The van der Waals surface area contributed by atoms with Crippen LogP contribution < -0.4 is 10.6 Å². The first kappa shape index (κ1) is 15.6. The minimum Gasteiger partial charge on any atom is -0.380 e. The highest BCUT2D eigenvalue weighted by Crippen LogP contribution is 2.30. The van der Waals surface area contributed by atoms with Crippen molar-refractivity contribution in [2.45, 2.75) is 38.3 Å². The van der Waals surface area contributed by atoms with Crippen LogP contribution in [0.1, 0.15) is 24.8 Å². The first-order valence-electron chi connectivity index (χ1n) is 8.26. The smallest absolute Gasteiger partial charge is 0.241 e. The first-order valence-corrected chi connectivity index (χ1v) is 8.26. The van der Waals surface area contributed by atoms with Gasteiger partial charge in [0.2, 0.25) is 5.91 Å². The van der Waals surface area contributed by atoms with E-state index in [0.29, 0.717) is 6.04 Å². The molecule has 1 aliphatic rings. The lowest BCUT2D eigenvalue weighted by Gasteiger charge is -2.13. The van der Waals surface area contributed by atoms with Gasteiger partial charge in [-0.2, -0.15) is 5.10 Å². The monoisotopic (exact) mass is 312 g/mol. The van der Waals surface area contributed by atoms with Gasteiger partial charge in [-0.25, -0.2) is 0 Å². The van der Waals surface area contributed by atoms with Crippen molar-refractivity contribution >= 4 is 11.6 Å². The predicted molar refractivity (Wildman–Crippen MR) is 91.2 cm³/mol. The molecular formula is C18H24N4O. The predicted octanol–water partition coefficient (Wildman–Crippen LogP) is 2.45. The van der Waals surface area contributed by atoms with Crippen molar-refractivity contribution in [2.75, 3.05) is 12.4 Å². The summed E-state index contributed by atoms with van der Waals surface area (Å²) in [5.74, 6) is 0.708. The highest BCUT2D eigenvalue weighted by Gasteiger charge is 2.24. The fourth-order valence-corrected chi connectivity index (χ4v) is 3.33. The fraction of sp³-hybridized carbons (Fsp3) is 0.444. The molecule has 1 saturated carbocycles. The fourth-order valence-electron chi connectivity index (χ4n) is 3.33. The van der Waals surface area contributed by atoms with Crippen LogP contribution in [0.15, 0.2) is 42.7 Å². The summed E-state index contributed by atoms with van der Waals surface area (Å²) in [5, 5.41) is 10.4. The molecule has 122 valence electrons. The third-order valence-corrected chi connectivity index (χ3v) is 4.50. The summed E-state index contributed by atoms with van der Waals surface area (Å²) in [7, 11) is 1.64. The van der Waals surface area contributed by atoms with E-state index in [-0.39, 0.29) is 12.5 Å². The van der Waals surface area contributed by atoms with Crippen LogP contribution >= 0.6 is 0 Å². The minimum atomic E-state index is -0.0385. The number of rotatable bonds is 6. The van der Waals surface area contributed by atoms with Crippen molar-refractivity contribution in [1.82, 2.24) is 15.1 Å². The summed E-state index contributed by atoms with van der Waals surface area (Å²) in [6, 6.07) is 11.2. The van der Waals surface area contributed by atoms with Crippen molar-refractivity contribution in [3.8, 4) is 0 Å². The maximum atomic E-state index is 11.4. The Morgan fingerprint density at radius 3 is 2.91 bits per heavy atom. The van der Waals surface area contributed by atoms with E-state index in [0.717, 1.165) is 18.0 Å². The number of amides is 1. The van der Waals surface area contributed by atoms with E-state index in [1.54, 1.807) is 17.9 Å². The Hall–Kier alpha value is -2.30. The third-order valence-electron chi connectivity index (χ3n) is 4.50. The van der Waals surface area contributed by atoms with E-state index in [1.807, 2.05) is 6.20 Å². The van der Waals surface area contributed by atoms with Gasteiger partial charge in [-0.05, 0) is 37.2 Å². The van der Waals surface area contributed by atoms with E-state index in [9.17, 15) is 4.79 Å². The number of nitrogens with zero attached hydrogens (tertiary/aromatic N) is 2. The van der Waals surface area contributed by atoms with Crippen LogP contribution in [0.5, 0.6) is 0 Å². The Balaban J connectivity index is 1.49. The number of anilines is 1. The zero-order valence-electron chi connectivity index (χ0n) is 13.5. The van der Waals surface area contributed by atoms with Crippen LogP contribution in [0.3, 0.4) is 0 Å². The first-order chi connectivity index (χ1) is 11.2.